The van der Waals surface area contributed by atoms with Crippen LogP contribution in [0, 0.1) is 12.8 Å². The van der Waals surface area contributed by atoms with Crippen LogP contribution in [0.15, 0.2) is 42.5 Å². The number of aryl methyl sites for hydroxylation is 1. The number of likely N-dealkylation sites (tertiary alicyclic amines) is 1. The van der Waals surface area contributed by atoms with E-state index < -0.39 is 0 Å². The Morgan fingerprint density at radius 2 is 1.77 bits per heavy atom. The van der Waals surface area contributed by atoms with Gasteiger partial charge >= 0.3 is 0 Å². The summed E-state index contributed by atoms with van der Waals surface area (Å²) in [6, 6.07) is 14.2. The Kier molecular flexibility index (Phi) is 4.96. The second-order valence-corrected chi connectivity index (χ2v) is 8.17. The van der Waals surface area contributed by atoms with Gasteiger partial charge in [0.15, 0.2) is 0 Å². The average molecular weight is 403 g/mol. The second-order valence-electron chi connectivity index (χ2n) is 8.17. The highest BCUT2D eigenvalue weighted by Crippen LogP contribution is 2.20. The van der Waals surface area contributed by atoms with Crippen molar-refractivity contribution in [3.63, 3.8) is 0 Å². The highest BCUT2D eigenvalue weighted by atomic mass is 16.1. The van der Waals surface area contributed by atoms with Gasteiger partial charge in [-0.1, -0.05) is 18.2 Å². The number of para-hydroxylation sites is 2. The summed E-state index contributed by atoms with van der Waals surface area (Å²) in [5.41, 5.74) is 5.25. The molecule has 0 aliphatic carbocycles. The number of fused-ring (bicyclic) bond motifs is 2. The Labute approximate surface area is 174 Å². The Hall–Kier alpha value is -3.19. The Bertz CT molecular complexity index is 1150. The van der Waals surface area contributed by atoms with E-state index in [1.165, 1.54) is 5.56 Å². The van der Waals surface area contributed by atoms with E-state index in [1.807, 2.05) is 24.3 Å². The summed E-state index contributed by atoms with van der Waals surface area (Å²) in [7, 11) is 0. The topological polar surface area (TPSA) is 89.7 Å². The monoisotopic (exact) mass is 402 g/mol. The second kappa shape index (κ2) is 7.91. The van der Waals surface area contributed by atoms with E-state index in [-0.39, 0.29) is 11.8 Å². The van der Waals surface area contributed by atoms with Gasteiger partial charge in [-0.05, 0) is 62.7 Å². The normalized spacial score (nSPS) is 15.8. The first kappa shape index (κ1) is 18.8. The molecule has 30 heavy (non-hydrogen) atoms. The summed E-state index contributed by atoms with van der Waals surface area (Å²) < 4.78 is 0. The molecule has 7 heteroatoms. The molecule has 7 nitrogen and oxygen atoms in total. The molecule has 2 aromatic carbocycles. The van der Waals surface area contributed by atoms with Gasteiger partial charge in [0.1, 0.15) is 11.6 Å². The van der Waals surface area contributed by atoms with Crippen LogP contribution in [-0.4, -0.2) is 43.8 Å². The number of aromatic nitrogens is 4. The van der Waals surface area contributed by atoms with Crippen molar-refractivity contribution in [3.05, 3.63) is 59.7 Å². The number of hydrogen-bond acceptors (Lipinski definition) is 4. The number of nitrogens with one attached hydrogen (secondary N) is 3. The molecule has 3 heterocycles. The maximum absolute atomic E-state index is 12.6. The van der Waals surface area contributed by atoms with Gasteiger partial charge in [-0.3, -0.25) is 9.69 Å². The number of rotatable bonds is 5. The number of nitrogens with zero attached hydrogens (tertiary/aromatic N) is 3. The lowest BCUT2D eigenvalue weighted by molar-refractivity contribution is -0.126. The van der Waals surface area contributed by atoms with Crippen LogP contribution >= 0.6 is 0 Å². The smallest absolute Gasteiger partial charge is 0.223 e. The largest absolute Gasteiger partial charge is 0.349 e. The van der Waals surface area contributed by atoms with E-state index in [2.05, 4.69) is 50.3 Å². The van der Waals surface area contributed by atoms with E-state index in [9.17, 15) is 4.79 Å². The molecule has 1 fully saturated rings. The maximum Gasteiger partial charge on any atom is 0.223 e. The predicted molar refractivity (Wildman–Crippen MR) is 117 cm³/mol. The van der Waals surface area contributed by atoms with Crippen LogP contribution in [0.5, 0.6) is 0 Å². The van der Waals surface area contributed by atoms with Gasteiger partial charge in [-0.2, -0.15) is 0 Å². The third-order valence-electron chi connectivity index (χ3n) is 5.89. The lowest BCUT2D eigenvalue weighted by Crippen LogP contribution is -2.40. The number of aromatic amines is 2. The SMILES string of the molecule is Cc1ccc2nc(CN3CCC(C(=O)NCc4nc5ccccc5[nH]4)CC3)[nH]c2c1. The van der Waals surface area contributed by atoms with Crippen LogP contribution in [0.25, 0.3) is 22.1 Å². The van der Waals surface area contributed by atoms with E-state index in [0.29, 0.717) is 6.54 Å². The number of piperidine rings is 1. The quantitative estimate of drug-likeness (QED) is 0.478. The summed E-state index contributed by atoms with van der Waals surface area (Å²) >= 11 is 0. The zero-order valence-electron chi connectivity index (χ0n) is 17.1. The van der Waals surface area contributed by atoms with Crippen LogP contribution in [0.3, 0.4) is 0 Å². The number of imidazole rings is 2. The Balaban J connectivity index is 1.12. The standard InChI is InChI=1S/C23H26N6O/c1-15-6-7-19-20(12-15)28-22(27-19)14-29-10-8-16(9-11-29)23(30)24-13-21-25-17-4-2-3-5-18(17)26-21/h2-7,12,16H,8-11,13-14H2,1H3,(H,24,30)(H,25,26)(H,27,28). The maximum atomic E-state index is 12.6. The van der Waals surface area contributed by atoms with Crippen molar-refractivity contribution >= 4 is 28.0 Å². The fourth-order valence-corrected chi connectivity index (χ4v) is 4.22. The fourth-order valence-electron chi connectivity index (χ4n) is 4.22. The lowest BCUT2D eigenvalue weighted by Gasteiger charge is -2.30. The molecule has 0 unspecified atom stereocenters. The minimum absolute atomic E-state index is 0.0592. The molecule has 1 saturated heterocycles. The first-order valence-corrected chi connectivity index (χ1v) is 10.5. The molecule has 1 aliphatic heterocycles. The molecule has 0 atom stereocenters. The van der Waals surface area contributed by atoms with Crippen LogP contribution < -0.4 is 5.32 Å². The molecule has 154 valence electrons. The fraction of sp³-hybridized carbons (Fsp3) is 0.348. The van der Waals surface area contributed by atoms with Crippen molar-refractivity contribution < 1.29 is 4.79 Å². The lowest BCUT2D eigenvalue weighted by atomic mass is 9.96. The number of amides is 1. The van der Waals surface area contributed by atoms with Gasteiger partial charge in [-0.25, -0.2) is 9.97 Å². The van der Waals surface area contributed by atoms with Crippen molar-refractivity contribution in [2.24, 2.45) is 5.92 Å². The third-order valence-corrected chi connectivity index (χ3v) is 5.89. The van der Waals surface area contributed by atoms with E-state index >= 15 is 0 Å². The molecular formula is C23H26N6O. The Morgan fingerprint density at radius 3 is 2.60 bits per heavy atom. The molecule has 1 aliphatic rings. The Morgan fingerprint density at radius 1 is 1.03 bits per heavy atom. The summed E-state index contributed by atoms with van der Waals surface area (Å²) in [5.74, 6) is 1.96. The third kappa shape index (κ3) is 3.93. The van der Waals surface area contributed by atoms with Gasteiger partial charge in [0.25, 0.3) is 0 Å². The average Bonchev–Trinajstić information content (AvgIpc) is 3.35. The number of benzene rings is 2. The van der Waals surface area contributed by atoms with Gasteiger partial charge in [0, 0.05) is 5.92 Å². The first-order valence-electron chi connectivity index (χ1n) is 10.5. The van der Waals surface area contributed by atoms with E-state index in [4.69, 9.17) is 4.98 Å². The van der Waals surface area contributed by atoms with Crippen LogP contribution in [0.1, 0.15) is 30.1 Å². The van der Waals surface area contributed by atoms with E-state index in [0.717, 1.165) is 66.2 Å². The van der Waals surface area contributed by atoms with Crippen molar-refractivity contribution in [1.82, 2.24) is 30.2 Å². The van der Waals surface area contributed by atoms with Gasteiger partial charge in [0.05, 0.1) is 35.2 Å². The van der Waals surface area contributed by atoms with Crippen molar-refractivity contribution in [2.45, 2.75) is 32.9 Å². The van der Waals surface area contributed by atoms with Crippen LogP contribution in [-0.2, 0) is 17.9 Å². The van der Waals surface area contributed by atoms with Crippen LogP contribution in [0.4, 0.5) is 0 Å². The summed E-state index contributed by atoms with van der Waals surface area (Å²) in [6.07, 6.45) is 1.73. The number of hydrogen-bond donors (Lipinski definition) is 3. The molecule has 0 spiro atoms. The molecule has 0 saturated carbocycles. The number of H-pyrrole nitrogens is 2. The molecule has 3 N–H and O–H groups in total. The van der Waals surface area contributed by atoms with Crippen molar-refractivity contribution in [2.75, 3.05) is 13.1 Å². The molecule has 0 radical (unpaired) electrons. The minimum Gasteiger partial charge on any atom is -0.349 e. The number of carbonyl (C=O) groups is 1. The van der Waals surface area contributed by atoms with Crippen molar-refractivity contribution in [3.8, 4) is 0 Å². The molecule has 2 aromatic heterocycles. The van der Waals surface area contributed by atoms with Gasteiger partial charge in [-0.15, -0.1) is 0 Å². The molecule has 4 aromatic rings. The summed E-state index contributed by atoms with van der Waals surface area (Å²) in [6.45, 7) is 5.12. The predicted octanol–water partition coefficient (Wildman–Crippen LogP) is 3.28. The zero-order chi connectivity index (χ0) is 20.5. The van der Waals surface area contributed by atoms with Gasteiger partial charge < -0.3 is 15.3 Å². The molecule has 5 rings (SSSR count). The number of carbonyl (C=O) groups excluding carboxylic acids is 1. The summed E-state index contributed by atoms with van der Waals surface area (Å²) in [4.78, 5) is 30.9. The highest BCUT2D eigenvalue weighted by molar-refractivity contribution is 5.79. The molecule has 0 bridgehead atoms. The highest BCUT2D eigenvalue weighted by Gasteiger charge is 2.25. The zero-order valence-corrected chi connectivity index (χ0v) is 17.1. The minimum atomic E-state index is 0.0592. The van der Waals surface area contributed by atoms with Gasteiger partial charge in [0.2, 0.25) is 5.91 Å². The first-order chi connectivity index (χ1) is 14.6. The van der Waals surface area contributed by atoms with E-state index in [1.54, 1.807) is 0 Å². The van der Waals surface area contributed by atoms with Crippen LogP contribution in [0.2, 0.25) is 0 Å². The molecular weight excluding hydrogens is 376 g/mol. The summed E-state index contributed by atoms with van der Waals surface area (Å²) in [5, 5.41) is 3.05. The van der Waals surface area contributed by atoms with Crippen molar-refractivity contribution in [1.29, 1.82) is 0 Å². The molecule has 1 amide bonds.